The van der Waals surface area contributed by atoms with Crippen LogP contribution in [-0.4, -0.2) is 26.7 Å². The number of nitrogens with zero attached hydrogens (tertiary/aromatic N) is 2. The monoisotopic (exact) mass is 239 g/mol. The number of carboxylic acids is 1. The average Bonchev–Trinajstić information content (AvgIpc) is 2.24. The van der Waals surface area contributed by atoms with E-state index in [4.69, 9.17) is 5.11 Å². The maximum atomic E-state index is 11.7. The van der Waals surface area contributed by atoms with Gasteiger partial charge in [0.15, 0.2) is 5.82 Å². The molecular formula is C11H17N3O3. The van der Waals surface area contributed by atoms with Gasteiger partial charge in [0.2, 0.25) is 0 Å². The molecule has 1 atom stereocenters. The summed E-state index contributed by atoms with van der Waals surface area (Å²) in [6.07, 6.45) is 4.57. The lowest BCUT2D eigenvalue weighted by molar-refractivity contribution is -0.137. The summed E-state index contributed by atoms with van der Waals surface area (Å²) in [7, 11) is 1.63. The fourth-order valence-electron chi connectivity index (χ4n) is 1.57. The standard InChI is InChI=1S/C11H17N3O3/c1-3-4-8(7-9(15)16)13-10-11(17)14(2)6-5-12-10/h5-6,8H,3-4,7H2,1-2H3,(H,12,13)(H,15,16). The summed E-state index contributed by atoms with van der Waals surface area (Å²) in [5.41, 5.74) is -0.251. The molecule has 6 heteroatoms. The number of aliphatic carboxylic acids is 1. The Balaban J connectivity index is 2.82. The lowest BCUT2D eigenvalue weighted by Crippen LogP contribution is -2.29. The Bertz CT molecular complexity index is 442. The lowest BCUT2D eigenvalue weighted by atomic mass is 10.1. The van der Waals surface area contributed by atoms with Crippen molar-refractivity contribution in [3.8, 4) is 0 Å². The normalized spacial score (nSPS) is 12.1. The molecular weight excluding hydrogens is 222 g/mol. The van der Waals surface area contributed by atoms with Crippen LogP contribution in [0.15, 0.2) is 17.2 Å². The average molecular weight is 239 g/mol. The molecule has 1 heterocycles. The summed E-state index contributed by atoms with van der Waals surface area (Å²) < 4.78 is 1.40. The molecule has 1 rings (SSSR count). The summed E-state index contributed by atoms with van der Waals surface area (Å²) in [4.78, 5) is 26.3. The number of nitrogens with one attached hydrogen (secondary N) is 1. The molecule has 0 saturated carbocycles. The van der Waals surface area contributed by atoms with E-state index >= 15 is 0 Å². The second-order valence-corrected chi connectivity index (χ2v) is 3.92. The fraction of sp³-hybridized carbons (Fsp3) is 0.545. The highest BCUT2D eigenvalue weighted by Crippen LogP contribution is 2.07. The minimum Gasteiger partial charge on any atom is -0.481 e. The van der Waals surface area contributed by atoms with Crippen molar-refractivity contribution in [1.82, 2.24) is 9.55 Å². The second-order valence-electron chi connectivity index (χ2n) is 3.92. The zero-order chi connectivity index (χ0) is 12.8. The van der Waals surface area contributed by atoms with Gasteiger partial charge < -0.3 is 15.0 Å². The highest BCUT2D eigenvalue weighted by molar-refractivity contribution is 5.68. The quantitative estimate of drug-likeness (QED) is 0.768. The Morgan fingerprint density at radius 2 is 2.35 bits per heavy atom. The smallest absolute Gasteiger partial charge is 0.305 e. The molecule has 17 heavy (non-hydrogen) atoms. The van der Waals surface area contributed by atoms with Gasteiger partial charge in [0.1, 0.15) is 0 Å². The molecule has 1 aromatic heterocycles. The molecule has 0 bridgehead atoms. The largest absolute Gasteiger partial charge is 0.481 e. The van der Waals surface area contributed by atoms with Crippen LogP contribution in [0.25, 0.3) is 0 Å². The number of carboxylic acid groups (broad SMARTS) is 1. The van der Waals surface area contributed by atoms with Crippen molar-refractivity contribution in [2.75, 3.05) is 5.32 Å². The third kappa shape index (κ3) is 3.90. The van der Waals surface area contributed by atoms with Crippen LogP contribution in [0.4, 0.5) is 5.82 Å². The SMILES string of the molecule is CCCC(CC(=O)O)Nc1nccn(C)c1=O. The Morgan fingerprint density at radius 3 is 2.94 bits per heavy atom. The number of rotatable bonds is 6. The molecule has 6 nitrogen and oxygen atoms in total. The van der Waals surface area contributed by atoms with Crippen molar-refractivity contribution in [2.45, 2.75) is 32.2 Å². The van der Waals surface area contributed by atoms with E-state index in [0.29, 0.717) is 6.42 Å². The van der Waals surface area contributed by atoms with E-state index in [1.807, 2.05) is 6.92 Å². The molecule has 1 unspecified atom stereocenters. The van der Waals surface area contributed by atoms with Crippen molar-refractivity contribution < 1.29 is 9.90 Å². The van der Waals surface area contributed by atoms with Gasteiger partial charge in [-0.15, -0.1) is 0 Å². The van der Waals surface area contributed by atoms with Gasteiger partial charge in [0.05, 0.1) is 6.42 Å². The Labute approximate surface area is 99.3 Å². The summed E-state index contributed by atoms with van der Waals surface area (Å²) in [6.45, 7) is 1.97. The molecule has 0 aromatic carbocycles. The lowest BCUT2D eigenvalue weighted by Gasteiger charge is -2.16. The first-order valence-electron chi connectivity index (χ1n) is 5.54. The third-order valence-electron chi connectivity index (χ3n) is 2.42. The summed E-state index contributed by atoms with van der Waals surface area (Å²) in [5.74, 6) is -0.682. The van der Waals surface area contributed by atoms with Gasteiger partial charge in [0, 0.05) is 25.5 Å². The fourth-order valence-corrected chi connectivity index (χ4v) is 1.57. The molecule has 0 radical (unpaired) electrons. The van der Waals surface area contributed by atoms with E-state index in [2.05, 4.69) is 10.3 Å². The molecule has 0 aliphatic heterocycles. The van der Waals surface area contributed by atoms with Crippen LogP contribution in [0.5, 0.6) is 0 Å². The first-order chi connectivity index (χ1) is 8.04. The van der Waals surface area contributed by atoms with Crippen LogP contribution in [0.3, 0.4) is 0 Å². The van der Waals surface area contributed by atoms with Crippen molar-refractivity contribution in [3.63, 3.8) is 0 Å². The number of carbonyl (C=O) groups is 1. The maximum absolute atomic E-state index is 11.7. The van der Waals surface area contributed by atoms with Crippen LogP contribution in [0, 0.1) is 0 Å². The van der Waals surface area contributed by atoms with Gasteiger partial charge >= 0.3 is 5.97 Å². The number of anilines is 1. The summed E-state index contributed by atoms with van der Waals surface area (Å²) >= 11 is 0. The molecule has 2 N–H and O–H groups in total. The number of hydrogen-bond donors (Lipinski definition) is 2. The maximum Gasteiger partial charge on any atom is 0.305 e. The first-order valence-corrected chi connectivity index (χ1v) is 5.54. The van der Waals surface area contributed by atoms with Crippen LogP contribution in [0.2, 0.25) is 0 Å². The minimum atomic E-state index is -0.885. The van der Waals surface area contributed by atoms with Crippen LogP contribution in [0.1, 0.15) is 26.2 Å². The molecule has 0 aliphatic carbocycles. The Kier molecular flexibility index (Phi) is 4.68. The van der Waals surface area contributed by atoms with E-state index < -0.39 is 5.97 Å². The van der Waals surface area contributed by atoms with Crippen molar-refractivity contribution >= 4 is 11.8 Å². The Hall–Kier alpha value is -1.85. The van der Waals surface area contributed by atoms with Crippen LogP contribution < -0.4 is 10.9 Å². The molecule has 0 aliphatic rings. The zero-order valence-electron chi connectivity index (χ0n) is 10.0. The number of hydrogen-bond acceptors (Lipinski definition) is 4. The van der Waals surface area contributed by atoms with Gasteiger partial charge in [0.25, 0.3) is 5.56 Å². The number of aryl methyl sites for hydroxylation is 1. The van der Waals surface area contributed by atoms with Crippen LogP contribution in [-0.2, 0) is 11.8 Å². The minimum absolute atomic E-state index is 0.0203. The van der Waals surface area contributed by atoms with Crippen molar-refractivity contribution in [2.24, 2.45) is 7.05 Å². The summed E-state index contributed by atoms with van der Waals surface area (Å²) in [6, 6.07) is -0.264. The van der Waals surface area contributed by atoms with Gasteiger partial charge in [-0.25, -0.2) is 4.98 Å². The van der Waals surface area contributed by atoms with Crippen molar-refractivity contribution in [3.05, 3.63) is 22.7 Å². The third-order valence-corrected chi connectivity index (χ3v) is 2.42. The van der Waals surface area contributed by atoms with E-state index in [0.717, 1.165) is 6.42 Å². The predicted molar refractivity (Wildman–Crippen MR) is 64.0 cm³/mol. The first kappa shape index (κ1) is 13.2. The van der Waals surface area contributed by atoms with Gasteiger partial charge in [-0.3, -0.25) is 9.59 Å². The molecule has 1 aromatic rings. The second kappa shape index (κ2) is 6.03. The predicted octanol–water partition coefficient (Wildman–Crippen LogP) is 0.836. The van der Waals surface area contributed by atoms with Gasteiger partial charge in [-0.1, -0.05) is 13.3 Å². The highest BCUT2D eigenvalue weighted by Gasteiger charge is 2.14. The van der Waals surface area contributed by atoms with Crippen molar-refractivity contribution in [1.29, 1.82) is 0 Å². The highest BCUT2D eigenvalue weighted by atomic mass is 16.4. The van der Waals surface area contributed by atoms with E-state index in [9.17, 15) is 9.59 Å². The molecule has 0 fully saturated rings. The van der Waals surface area contributed by atoms with E-state index in [-0.39, 0.29) is 23.8 Å². The molecule has 0 amide bonds. The topological polar surface area (TPSA) is 84.2 Å². The van der Waals surface area contributed by atoms with Crippen LogP contribution >= 0.6 is 0 Å². The van der Waals surface area contributed by atoms with Gasteiger partial charge in [-0.2, -0.15) is 0 Å². The van der Waals surface area contributed by atoms with Gasteiger partial charge in [-0.05, 0) is 6.42 Å². The summed E-state index contributed by atoms with van der Waals surface area (Å²) in [5, 5.41) is 11.7. The molecule has 0 spiro atoms. The zero-order valence-corrected chi connectivity index (χ0v) is 10.0. The Morgan fingerprint density at radius 1 is 1.65 bits per heavy atom. The molecule has 94 valence electrons. The number of aromatic nitrogens is 2. The molecule has 0 saturated heterocycles. The van der Waals surface area contributed by atoms with E-state index in [1.165, 1.54) is 10.8 Å². The van der Waals surface area contributed by atoms with E-state index in [1.54, 1.807) is 13.2 Å².